The Bertz CT molecular complexity index is 882. The predicted octanol–water partition coefficient (Wildman–Crippen LogP) is 3.45. The van der Waals surface area contributed by atoms with Crippen LogP contribution >= 0.6 is 24.8 Å². The highest BCUT2D eigenvalue weighted by Crippen LogP contribution is 2.20. The topological polar surface area (TPSA) is 72.4 Å². The van der Waals surface area contributed by atoms with Crippen LogP contribution in [0.3, 0.4) is 0 Å². The second kappa shape index (κ2) is 8.54. The SMILES string of the molecule is Cl.Cl.N[C@@H]1CC[C@@H](NC(=O)c2ccc3nc(-c4ccccc4)cn3c2)C1. The van der Waals surface area contributed by atoms with Crippen molar-refractivity contribution in [1.82, 2.24) is 14.7 Å². The molecule has 1 saturated carbocycles. The normalized spacial score (nSPS) is 18.8. The van der Waals surface area contributed by atoms with E-state index in [4.69, 9.17) is 5.73 Å². The highest BCUT2D eigenvalue weighted by Gasteiger charge is 2.23. The summed E-state index contributed by atoms with van der Waals surface area (Å²) in [5.74, 6) is -0.0500. The van der Waals surface area contributed by atoms with Crippen LogP contribution in [-0.4, -0.2) is 27.4 Å². The van der Waals surface area contributed by atoms with Crippen LogP contribution in [0.2, 0.25) is 0 Å². The van der Waals surface area contributed by atoms with E-state index in [1.807, 2.05) is 59.3 Å². The Labute approximate surface area is 164 Å². The molecule has 3 aromatic rings. The minimum absolute atomic E-state index is 0. The molecule has 0 saturated heterocycles. The predicted molar refractivity (Wildman–Crippen MR) is 108 cm³/mol. The number of fused-ring (bicyclic) bond motifs is 1. The van der Waals surface area contributed by atoms with Crippen molar-refractivity contribution < 1.29 is 4.79 Å². The number of imidazole rings is 1. The maximum absolute atomic E-state index is 12.4. The van der Waals surface area contributed by atoms with Crippen LogP contribution in [0.1, 0.15) is 29.6 Å². The minimum atomic E-state index is -0.0500. The monoisotopic (exact) mass is 392 g/mol. The number of hydrogen-bond donors (Lipinski definition) is 2. The van der Waals surface area contributed by atoms with Crippen molar-refractivity contribution in [2.75, 3.05) is 0 Å². The number of rotatable bonds is 3. The summed E-state index contributed by atoms with van der Waals surface area (Å²) in [5.41, 5.74) is 9.33. The number of aromatic nitrogens is 2. The van der Waals surface area contributed by atoms with Crippen LogP contribution in [0.15, 0.2) is 54.9 Å². The fourth-order valence-electron chi connectivity index (χ4n) is 3.29. The molecule has 7 heteroatoms. The van der Waals surface area contributed by atoms with E-state index < -0.39 is 0 Å². The fourth-order valence-corrected chi connectivity index (χ4v) is 3.29. The van der Waals surface area contributed by atoms with E-state index >= 15 is 0 Å². The van der Waals surface area contributed by atoms with Gasteiger partial charge in [0.1, 0.15) is 5.65 Å². The Hall–Kier alpha value is -2.08. The Kier molecular flexibility index (Phi) is 6.64. The summed E-state index contributed by atoms with van der Waals surface area (Å²) in [6.45, 7) is 0. The van der Waals surface area contributed by atoms with Gasteiger partial charge in [0.2, 0.25) is 0 Å². The van der Waals surface area contributed by atoms with Gasteiger partial charge in [0.25, 0.3) is 5.91 Å². The standard InChI is InChI=1S/C19H20N4O.2ClH/c20-15-7-8-16(10-15)21-19(24)14-6-9-18-22-17(12-23(18)11-14)13-4-2-1-3-5-13;;/h1-6,9,11-12,15-16H,7-8,10,20H2,(H,21,24);2*1H/t15-,16-;;/m1../s1. The summed E-state index contributed by atoms with van der Waals surface area (Å²) in [5, 5.41) is 3.08. The summed E-state index contributed by atoms with van der Waals surface area (Å²) in [4.78, 5) is 17.1. The average Bonchev–Trinajstić information content (AvgIpc) is 3.21. The van der Waals surface area contributed by atoms with Crippen molar-refractivity contribution in [3.05, 3.63) is 60.4 Å². The van der Waals surface area contributed by atoms with Gasteiger partial charge in [-0.2, -0.15) is 0 Å². The van der Waals surface area contributed by atoms with Gasteiger partial charge in [-0.25, -0.2) is 4.98 Å². The molecule has 0 spiro atoms. The largest absolute Gasteiger partial charge is 0.349 e. The third-order valence-electron chi connectivity index (χ3n) is 4.59. The number of nitrogens with one attached hydrogen (secondary N) is 1. The van der Waals surface area contributed by atoms with Gasteiger partial charge in [-0.05, 0) is 31.4 Å². The zero-order chi connectivity index (χ0) is 16.5. The Morgan fingerprint density at radius 2 is 1.85 bits per heavy atom. The molecule has 2 atom stereocenters. The number of nitrogens with zero attached hydrogens (tertiary/aromatic N) is 2. The third-order valence-corrected chi connectivity index (χ3v) is 4.59. The van der Waals surface area contributed by atoms with E-state index in [2.05, 4.69) is 10.3 Å². The van der Waals surface area contributed by atoms with Gasteiger partial charge >= 0.3 is 0 Å². The van der Waals surface area contributed by atoms with Crippen LogP contribution in [0.5, 0.6) is 0 Å². The highest BCUT2D eigenvalue weighted by molar-refractivity contribution is 5.94. The molecule has 2 aromatic heterocycles. The van der Waals surface area contributed by atoms with Crippen LogP contribution in [0.4, 0.5) is 0 Å². The number of nitrogens with two attached hydrogens (primary N) is 1. The number of halogens is 2. The lowest BCUT2D eigenvalue weighted by Gasteiger charge is -2.12. The smallest absolute Gasteiger partial charge is 0.252 e. The molecule has 2 heterocycles. The van der Waals surface area contributed by atoms with E-state index in [0.29, 0.717) is 5.56 Å². The first-order valence-electron chi connectivity index (χ1n) is 8.30. The number of hydrogen-bond acceptors (Lipinski definition) is 3. The molecule has 5 nitrogen and oxygen atoms in total. The highest BCUT2D eigenvalue weighted by atomic mass is 35.5. The van der Waals surface area contributed by atoms with Gasteiger partial charge in [0.05, 0.1) is 11.3 Å². The number of benzene rings is 1. The third kappa shape index (κ3) is 4.18. The zero-order valence-electron chi connectivity index (χ0n) is 14.2. The summed E-state index contributed by atoms with van der Waals surface area (Å²) in [6.07, 6.45) is 6.58. The lowest BCUT2D eigenvalue weighted by molar-refractivity contribution is 0.0937. The maximum atomic E-state index is 12.4. The number of carbonyl (C=O) groups is 1. The molecule has 0 aliphatic heterocycles. The molecule has 1 aliphatic carbocycles. The van der Waals surface area contributed by atoms with E-state index in [9.17, 15) is 4.79 Å². The first kappa shape index (κ1) is 20.2. The Balaban J connectivity index is 0.00000121. The summed E-state index contributed by atoms with van der Waals surface area (Å²) in [6, 6.07) is 14.1. The van der Waals surface area contributed by atoms with Crippen LogP contribution in [0.25, 0.3) is 16.9 Å². The molecular formula is C19H22Cl2N4O. The molecule has 4 rings (SSSR count). The zero-order valence-corrected chi connectivity index (χ0v) is 15.8. The van der Waals surface area contributed by atoms with Crippen molar-refractivity contribution in [1.29, 1.82) is 0 Å². The van der Waals surface area contributed by atoms with Gasteiger partial charge in [-0.15, -0.1) is 24.8 Å². The first-order chi connectivity index (χ1) is 11.7. The molecule has 0 unspecified atom stereocenters. The minimum Gasteiger partial charge on any atom is -0.349 e. The summed E-state index contributed by atoms with van der Waals surface area (Å²) >= 11 is 0. The molecule has 26 heavy (non-hydrogen) atoms. The lowest BCUT2D eigenvalue weighted by atomic mass is 10.2. The molecule has 1 aliphatic rings. The first-order valence-corrected chi connectivity index (χ1v) is 8.30. The molecule has 138 valence electrons. The molecule has 3 N–H and O–H groups in total. The van der Waals surface area contributed by atoms with E-state index in [-0.39, 0.29) is 42.8 Å². The quantitative estimate of drug-likeness (QED) is 0.716. The molecule has 1 fully saturated rings. The van der Waals surface area contributed by atoms with Crippen molar-refractivity contribution in [3.8, 4) is 11.3 Å². The van der Waals surface area contributed by atoms with Gasteiger partial charge in [-0.3, -0.25) is 4.79 Å². The van der Waals surface area contributed by atoms with Crippen molar-refractivity contribution in [3.63, 3.8) is 0 Å². The van der Waals surface area contributed by atoms with Gasteiger partial charge in [-0.1, -0.05) is 30.3 Å². The van der Waals surface area contributed by atoms with Crippen LogP contribution in [-0.2, 0) is 0 Å². The average molecular weight is 393 g/mol. The summed E-state index contributed by atoms with van der Waals surface area (Å²) in [7, 11) is 0. The van der Waals surface area contributed by atoms with Crippen molar-refractivity contribution in [2.45, 2.75) is 31.3 Å². The molecule has 1 aromatic carbocycles. The second-order valence-electron chi connectivity index (χ2n) is 6.42. The van der Waals surface area contributed by atoms with Crippen molar-refractivity contribution >= 4 is 36.4 Å². The molecule has 0 radical (unpaired) electrons. The maximum Gasteiger partial charge on any atom is 0.252 e. The van der Waals surface area contributed by atoms with Gasteiger partial charge < -0.3 is 15.5 Å². The number of amides is 1. The molecule has 1 amide bonds. The van der Waals surface area contributed by atoms with E-state index in [0.717, 1.165) is 36.2 Å². The van der Waals surface area contributed by atoms with Gasteiger partial charge in [0.15, 0.2) is 0 Å². The Morgan fingerprint density at radius 3 is 2.54 bits per heavy atom. The van der Waals surface area contributed by atoms with E-state index in [1.165, 1.54) is 0 Å². The number of carbonyl (C=O) groups excluding carboxylic acids is 1. The van der Waals surface area contributed by atoms with Gasteiger partial charge in [0, 0.05) is 30.0 Å². The molecular weight excluding hydrogens is 371 g/mol. The lowest BCUT2D eigenvalue weighted by Crippen LogP contribution is -2.34. The Morgan fingerprint density at radius 1 is 1.08 bits per heavy atom. The van der Waals surface area contributed by atoms with Crippen LogP contribution < -0.4 is 11.1 Å². The summed E-state index contributed by atoms with van der Waals surface area (Å²) < 4.78 is 1.90. The van der Waals surface area contributed by atoms with Crippen molar-refractivity contribution in [2.24, 2.45) is 5.73 Å². The fraction of sp³-hybridized carbons (Fsp3) is 0.263. The molecule has 0 bridgehead atoms. The van der Waals surface area contributed by atoms with E-state index in [1.54, 1.807) is 0 Å². The number of pyridine rings is 1. The second-order valence-corrected chi connectivity index (χ2v) is 6.42. The van der Waals surface area contributed by atoms with Crippen LogP contribution in [0, 0.1) is 0 Å².